The van der Waals surface area contributed by atoms with Gasteiger partial charge in [0.15, 0.2) is 0 Å². The number of rotatable bonds is 1. The van der Waals surface area contributed by atoms with Gasteiger partial charge in [-0.1, -0.05) is 0 Å². The highest BCUT2D eigenvalue weighted by Crippen LogP contribution is 2.56. The van der Waals surface area contributed by atoms with E-state index in [1.807, 2.05) is 0 Å². The molecular weight excluding hydrogens is 176 g/mol. The maximum Gasteiger partial charge on any atom is 0.0813 e. The largest absolute Gasteiger partial charge is 0.394 e. The van der Waals surface area contributed by atoms with Crippen LogP contribution in [0.4, 0.5) is 0 Å². The SMILES string of the molecule is OCC1CCCC2(CC3CCC2C3)O1. The molecule has 1 spiro atoms. The van der Waals surface area contributed by atoms with Crippen LogP contribution in [0.15, 0.2) is 0 Å². The Hall–Kier alpha value is -0.0800. The van der Waals surface area contributed by atoms with Crippen LogP contribution in [-0.2, 0) is 4.74 Å². The highest BCUT2D eigenvalue weighted by Gasteiger charge is 2.53. The normalized spacial score (nSPS) is 51.6. The van der Waals surface area contributed by atoms with E-state index >= 15 is 0 Å². The molecule has 2 nitrogen and oxygen atoms in total. The number of ether oxygens (including phenoxy) is 1. The van der Waals surface area contributed by atoms with Crippen LogP contribution in [0.3, 0.4) is 0 Å². The van der Waals surface area contributed by atoms with E-state index in [-0.39, 0.29) is 18.3 Å². The van der Waals surface area contributed by atoms with Gasteiger partial charge in [0, 0.05) is 0 Å². The van der Waals surface area contributed by atoms with Crippen molar-refractivity contribution in [3.8, 4) is 0 Å². The van der Waals surface area contributed by atoms with Gasteiger partial charge in [-0.05, 0) is 56.8 Å². The van der Waals surface area contributed by atoms with Crippen LogP contribution in [0.5, 0.6) is 0 Å². The number of aliphatic hydroxyl groups excluding tert-OH is 1. The number of hydrogen-bond acceptors (Lipinski definition) is 2. The Morgan fingerprint density at radius 2 is 2.21 bits per heavy atom. The van der Waals surface area contributed by atoms with Crippen LogP contribution in [0, 0.1) is 11.8 Å². The standard InChI is InChI=1S/C12H20O2/c13-8-11-2-1-5-12(14-11)7-9-3-4-10(12)6-9/h9-11,13H,1-8H2. The van der Waals surface area contributed by atoms with Gasteiger partial charge >= 0.3 is 0 Å². The number of hydrogen-bond donors (Lipinski definition) is 1. The molecule has 0 aromatic heterocycles. The van der Waals surface area contributed by atoms with Crippen molar-refractivity contribution in [2.24, 2.45) is 11.8 Å². The number of aliphatic hydroxyl groups is 1. The zero-order chi connectivity index (χ0) is 9.60. The van der Waals surface area contributed by atoms with Crippen molar-refractivity contribution in [1.82, 2.24) is 0 Å². The molecule has 4 unspecified atom stereocenters. The van der Waals surface area contributed by atoms with E-state index in [1.54, 1.807) is 0 Å². The van der Waals surface area contributed by atoms with Gasteiger partial charge < -0.3 is 9.84 Å². The topological polar surface area (TPSA) is 29.5 Å². The molecule has 0 aromatic rings. The summed E-state index contributed by atoms with van der Waals surface area (Å²) in [5.41, 5.74) is 0.203. The molecule has 1 saturated heterocycles. The minimum Gasteiger partial charge on any atom is -0.394 e. The van der Waals surface area contributed by atoms with Crippen molar-refractivity contribution in [2.45, 2.75) is 56.7 Å². The van der Waals surface area contributed by atoms with Crippen molar-refractivity contribution in [3.63, 3.8) is 0 Å². The molecular formula is C12H20O2. The molecule has 1 heterocycles. The Morgan fingerprint density at radius 1 is 1.29 bits per heavy atom. The van der Waals surface area contributed by atoms with E-state index < -0.39 is 0 Å². The second-order valence-corrected chi connectivity index (χ2v) is 5.46. The van der Waals surface area contributed by atoms with Gasteiger partial charge in [-0.15, -0.1) is 0 Å². The summed E-state index contributed by atoms with van der Waals surface area (Å²) in [5, 5.41) is 9.18. The fourth-order valence-electron chi connectivity index (χ4n) is 4.05. The Kier molecular flexibility index (Phi) is 2.10. The predicted molar refractivity (Wildman–Crippen MR) is 54.0 cm³/mol. The number of fused-ring (bicyclic) bond motifs is 3. The van der Waals surface area contributed by atoms with Crippen LogP contribution in [-0.4, -0.2) is 23.4 Å². The molecule has 2 bridgehead atoms. The zero-order valence-electron chi connectivity index (χ0n) is 8.74. The maximum atomic E-state index is 9.18. The van der Waals surface area contributed by atoms with E-state index in [0.717, 1.165) is 18.3 Å². The van der Waals surface area contributed by atoms with E-state index in [2.05, 4.69) is 0 Å². The molecule has 0 amide bonds. The van der Waals surface area contributed by atoms with Gasteiger partial charge in [-0.2, -0.15) is 0 Å². The molecule has 0 radical (unpaired) electrons. The molecule has 3 aliphatic rings. The van der Waals surface area contributed by atoms with E-state index in [4.69, 9.17) is 4.74 Å². The summed E-state index contributed by atoms with van der Waals surface area (Å²) in [6.45, 7) is 0.221. The summed E-state index contributed by atoms with van der Waals surface area (Å²) < 4.78 is 6.17. The maximum absolute atomic E-state index is 9.18. The van der Waals surface area contributed by atoms with Gasteiger partial charge in [0.1, 0.15) is 0 Å². The van der Waals surface area contributed by atoms with Crippen molar-refractivity contribution >= 4 is 0 Å². The third-order valence-corrected chi connectivity index (χ3v) is 4.65. The lowest BCUT2D eigenvalue weighted by molar-refractivity contribution is -0.166. The fourth-order valence-corrected chi connectivity index (χ4v) is 4.05. The quantitative estimate of drug-likeness (QED) is 0.696. The third kappa shape index (κ3) is 1.24. The van der Waals surface area contributed by atoms with Crippen LogP contribution < -0.4 is 0 Å². The van der Waals surface area contributed by atoms with Crippen LogP contribution in [0.2, 0.25) is 0 Å². The van der Waals surface area contributed by atoms with Crippen molar-refractivity contribution in [2.75, 3.05) is 6.61 Å². The van der Waals surface area contributed by atoms with Crippen LogP contribution >= 0.6 is 0 Å². The van der Waals surface area contributed by atoms with Gasteiger partial charge in [0.2, 0.25) is 0 Å². The van der Waals surface area contributed by atoms with Crippen LogP contribution in [0.1, 0.15) is 44.9 Å². The molecule has 2 heteroatoms. The fraction of sp³-hybridized carbons (Fsp3) is 1.00. The first kappa shape index (κ1) is 9.17. The lowest BCUT2D eigenvalue weighted by atomic mass is 9.78. The molecule has 80 valence electrons. The average molecular weight is 196 g/mol. The lowest BCUT2D eigenvalue weighted by Gasteiger charge is -2.44. The molecule has 3 fully saturated rings. The summed E-state index contributed by atoms with van der Waals surface area (Å²) in [6, 6.07) is 0. The van der Waals surface area contributed by atoms with Gasteiger partial charge in [0.25, 0.3) is 0 Å². The molecule has 2 aliphatic carbocycles. The molecule has 14 heavy (non-hydrogen) atoms. The Bertz CT molecular complexity index is 228. The molecule has 0 aromatic carbocycles. The third-order valence-electron chi connectivity index (χ3n) is 4.65. The predicted octanol–water partition coefficient (Wildman–Crippen LogP) is 2.11. The summed E-state index contributed by atoms with van der Waals surface area (Å²) in [6.07, 6.45) is 9.21. The molecule has 4 atom stereocenters. The summed E-state index contributed by atoms with van der Waals surface area (Å²) in [4.78, 5) is 0. The second-order valence-electron chi connectivity index (χ2n) is 5.46. The molecule has 1 aliphatic heterocycles. The van der Waals surface area contributed by atoms with E-state index in [1.165, 1.54) is 38.5 Å². The first-order valence-corrected chi connectivity index (χ1v) is 6.11. The Labute approximate surface area is 85.6 Å². The monoisotopic (exact) mass is 196 g/mol. The first-order valence-electron chi connectivity index (χ1n) is 6.11. The average Bonchev–Trinajstić information content (AvgIpc) is 2.78. The zero-order valence-corrected chi connectivity index (χ0v) is 8.74. The second kappa shape index (κ2) is 3.21. The van der Waals surface area contributed by atoms with E-state index in [0.29, 0.717) is 0 Å². The summed E-state index contributed by atoms with van der Waals surface area (Å²) in [7, 11) is 0. The molecule has 3 rings (SSSR count). The summed E-state index contributed by atoms with van der Waals surface area (Å²) >= 11 is 0. The van der Waals surface area contributed by atoms with Crippen molar-refractivity contribution in [1.29, 1.82) is 0 Å². The van der Waals surface area contributed by atoms with E-state index in [9.17, 15) is 5.11 Å². The molecule has 1 N–H and O–H groups in total. The van der Waals surface area contributed by atoms with Crippen LogP contribution in [0.25, 0.3) is 0 Å². The first-order chi connectivity index (χ1) is 6.82. The minimum absolute atomic E-state index is 0.142. The minimum atomic E-state index is 0.142. The van der Waals surface area contributed by atoms with Crippen molar-refractivity contribution in [3.05, 3.63) is 0 Å². The highest BCUT2D eigenvalue weighted by molar-refractivity contribution is 5.04. The Morgan fingerprint density at radius 3 is 2.86 bits per heavy atom. The Balaban J connectivity index is 1.76. The lowest BCUT2D eigenvalue weighted by Crippen LogP contribution is -2.45. The van der Waals surface area contributed by atoms with Gasteiger partial charge in [0.05, 0.1) is 18.3 Å². The van der Waals surface area contributed by atoms with Gasteiger partial charge in [-0.3, -0.25) is 0 Å². The smallest absolute Gasteiger partial charge is 0.0813 e. The molecule has 2 saturated carbocycles. The van der Waals surface area contributed by atoms with Crippen molar-refractivity contribution < 1.29 is 9.84 Å². The summed E-state index contributed by atoms with van der Waals surface area (Å²) in [5.74, 6) is 1.76. The van der Waals surface area contributed by atoms with Gasteiger partial charge in [-0.25, -0.2) is 0 Å². The highest BCUT2D eigenvalue weighted by atomic mass is 16.5.